The fourth-order valence-electron chi connectivity index (χ4n) is 4.51. The van der Waals surface area contributed by atoms with Crippen molar-refractivity contribution >= 4 is 5.97 Å². The maximum absolute atomic E-state index is 12.7. The van der Waals surface area contributed by atoms with Crippen LogP contribution in [0.5, 0.6) is 0 Å². The maximum Gasteiger partial charge on any atom is 0.309 e. The van der Waals surface area contributed by atoms with Crippen molar-refractivity contribution in [3.05, 3.63) is 24.1 Å². The maximum atomic E-state index is 12.7. The van der Waals surface area contributed by atoms with Crippen molar-refractivity contribution in [2.45, 2.75) is 90.1 Å². The molecule has 2 fully saturated rings. The Bertz CT molecular complexity index is 547. The summed E-state index contributed by atoms with van der Waals surface area (Å²) in [6.45, 7) is 2.23. The summed E-state index contributed by atoms with van der Waals surface area (Å²) in [7, 11) is 0. The number of allylic oxidation sites excluding steroid dienone is 4. The minimum Gasteiger partial charge on any atom is -0.462 e. The summed E-state index contributed by atoms with van der Waals surface area (Å²) in [5.41, 5.74) is 0. The van der Waals surface area contributed by atoms with E-state index in [0.717, 1.165) is 57.3 Å². The molecule has 3 nitrogen and oxygen atoms in total. The van der Waals surface area contributed by atoms with Crippen molar-refractivity contribution in [2.24, 2.45) is 17.8 Å². The minimum absolute atomic E-state index is 0.0441. The van der Waals surface area contributed by atoms with E-state index in [1.165, 1.54) is 37.8 Å². The number of rotatable bonds is 8. The Morgan fingerprint density at radius 3 is 2.33 bits per heavy atom. The van der Waals surface area contributed by atoms with Crippen LogP contribution < -0.4 is 0 Å². The molecule has 0 radical (unpaired) electrons. The third-order valence-corrected chi connectivity index (χ3v) is 6.18. The Labute approximate surface area is 163 Å². The van der Waals surface area contributed by atoms with Gasteiger partial charge in [0.05, 0.1) is 5.92 Å². The third kappa shape index (κ3) is 7.87. The summed E-state index contributed by atoms with van der Waals surface area (Å²) >= 11 is 0. The van der Waals surface area contributed by atoms with Crippen LogP contribution >= 0.6 is 0 Å². The highest BCUT2D eigenvalue weighted by Crippen LogP contribution is 2.34. The van der Waals surface area contributed by atoms with Crippen LogP contribution in [0.4, 0.5) is 4.39 Å². The van der Waals surface area contributed by atoms with E-state index in [1.54, 1.807) is 6.08 Å². The molecule has 0 atom stereocenters. The normalized spacial score (nSPS) is 29.4. The van der Waals surface area contributed by atoms with Crippen LogP contribution in [-0.4, -0.2) is 12.1 Å². The molecule has 27 heavy (non-hydrogen) atoms. The molecule has 0 saturated heterocycles. The Morgan fingerprint density at radius 1 is 1.07 bits per heavy atom. The average molecular weight is 376 g/mol. The van der Waals surface area contributed by atoms with Gasteiger partial charge in [0, 0.05) is 0 Å². The molecule has 0 aromatic carbocycles. The number of hydrogen-bond acceptors (Lipinski definition) is 3. The molecule has 0 amide bonds. The second kappa shape index (κ2) is 12.0. The second-order valence-corrected chi connectivity index (χ2v) is 8.22. The summed E-state index contributed by atoms with van der Waals surface area (Å²) < 4.78 is 18.5. The fraction of sp³-hybridized carbons (Fsp3) is 0.739. The van der Waals surface area contributed by atoms with Crippen molar-refractivity contribution in [3.8, 4) is 6.07 Å². The molecule has 150 valence electrons. The lowest BCUT2D eigenvalue weighted by Crippen LogP contribution is -2.30. The van der Waals surface area contributed by atoms with Crippen LogP contribution in [0.25, 0.3) is 0 Å². The van der Waals surface area contributed by atoms with E-state index in [0.29, 0.717) is 5.92 Å². The predicted octanol–water partition coefficient (Wildman–Crippen LogP) is 6.41. The van der Waals surface area contributed by atoms with E-state index >= 15 is 0 Å². The fourth-order valence-corrected chi connectivity index (χ4v) is 4.51. The highest BCUT2D eigenvalue weighted by atomic mass is 19.1. The second-order valence-electron chi connectivity index (χ2n) is 8.22. The molecule has 0 spiro atoms. The van der Waals surface area contributed by atoms with Gasteiger partial charge in [-0.05, 0) is 82.1 Å². The molecule has 0 aromatic rings. The van der Waals surface area contributed by atoms with E-state index < -0.39 is 5.83 Å². The first-order valence-corrected chi connectivity index (χ1v) is 10.7. The zero-order valence-corrected chi connectivity index (χ0v) is 16.7. The first kappa shape index (κ1) is 21.7. The van der Waals surface area contributed by atoms with Gasteiger partial charge in [0.15, 0.2) is 5.83 Å². The summed E-state index contributed by atoms with van der Waals surface area (Å²) in [6, 6.07) is 1.46. The molecule has 2 saturated carbocycles. The number of esters is 1. The number of ether oxygens (including phenoxy) is 1. The van der Waals surface area contributed by atoms with Crippen LogP contribution in [-0.2, 0) is 9.53 Å². The molecule has 0 aromatic heterocycles. The van der Waals surface area contributed by atoms with Crippen LogP contribution in [0.3, 0.4) is 0 Å². The minimum atomic E-state index is -0.757. The van der Waals surface area contributed by atoms with Gasteiger partial charge in [0.1, 0.15) is 12.2 Å². The summed E-state index contributed by atoms with van der Waals surface area (Å²) in [5.74, 6) is 0.882. The zero-order valence-electron chi connectivity index (χ0n) is 16.7. The molecule has 4 heteroatoms. The largest absolute Gasteiger partial charge is 0.462 e. The first-order valence-electron chi connectivity index (χ1n) is 10.7. The van der Waals surface area contributed by atoms with Gasteiger partial charge in [-0.3, -0.25) is 4.79 Å². The number of hydrogen-bond donors (Lipinski definition) is 0. The standard InChI is InChI=1S/C23H34FNO2/c1-2-6-18-9-13-20(14-10-18)23(26)27-22-15-11-19(12-16-22)7-4-3-5-8-21(24)17-25/h3,5,8,18-20,22H,2,4,6-7,9-16H2,1H3. The quantitative estimate of drug-likeness (QED) is 0.280. The van der Waals surface area contributed by atoms with Crippen LogP contribution in [0.1, 0.15) is 84.0 Å². The molecular weight excluding hydrogens is 341 g/mol. The monoisotopic (exact) mass is 375 g/mol. The first-order chi connectivity index (χ1) is 13.1. The number of halogens is 1. The summed E-state index contributed by atoms with van der Waals surface area (Å²) in [5, 5.41) is 8.34. The van der Waals surface area contributed by atoms with E-state index in [2.05, 4.69) is 6.92 Å². The number of carbonyl (C=O) groups is 1. The Balaban J connectivity index is 1.60. The van der Waals surface area contributed by atoms with E-state index in [4.69, 9.17) is 10.00 Å². The van der Waals surface area contributed by atoms with Crippen molar-refractivity contribution in [1.82, 2.24) is 0 Å². The number of nitriles is 1. The van der Waals surface area contributed by atoms with Crippen molar-refractivity contribution in [2.75, 3.05) is 0 Å². The Kier molecular flexibility index (Phi) is 9.59. The van der Waals surface area contributed by atoms with Crippen LogP contribution in [0.15, 0.2) is 24.1 Å². The molecule has 2 rings (SSSR count). The van der Waals surface area contributed by atoms with Gasteiger partial charge >= 0.3 is 5.97 Å². The van der Waals surface area contributed by atoms with Gasteiger partial charge in [-0.1, -0.05) is 31.9 Å². The van der Waals surface area contributed by atoms with Gasteiger partial charge < -0.3 is 4.74 Å². The summed E-state index contributed by atoms with van der Waals surface area (Å²) in [4.78, 5) is 12.4. The highest BCUT2D eigenvalue weighted by Gasteiger charge is 2.30. The van der Waals surface area contributed by atoms with Gasteiger partial charge in [-0.2, -0.15) is 9.65 Å². The predicted molar refractivity (Wildman–Crippen MR) is 105 cm³/mol. The lowest BCUT2D eigenvalue weighted by atomic mass is 9.80. The van der Waals surface area contributed by atoms with Gasteiger partial charge in [0.2, 0.25) is 0 Å². The van der Waals surface area contributed by atoms with Crippen molar-refractivity contribution < 1.29 is 13.9 Å². The van der Waals surface area contributed by atoms with Crippen molar-refractivity contribution in [1.29, 1.82) is 5.26 Å². The lowest BCUT2D eigenvalue weighted by Gasteiger charge is -2.31. The Hall–Kier alpha value is -1.63. The average Bonchev–Trinajstić information content (AvgIpc) is 2.69. The molecule has 0 unspecified atom stereocenters. The van der Waals surface area contributed by atoms with E-state index in [9.17, 15) is 9.18 Å². The number of nitrogens with zero attached hydrogens (tertiary/aromatic N) is 1. The van der Waals surface area contributed by atoms with Gasteiger partial charge in [0.25, 0.3) is 0 Å². The zero-order chi connectivity index (χ0) is 19.5. The lowest BCUT2D eigenvalue weighted by molar-refractivity contribution is -0.157. The Morgan fingerprint density at radius 2 is 1.70 bits per heavy atom. The van der Waals surface area contributed by atoms with E-state index in [1.807, 2.05) is 6.08 Å². The number of carbonyl (C=O) groups excluding carboxylic acids is 1. The molecular formula is C23H34FNO2. The molecule has 0 bridgehead atoms. The molecule has 0 N–H and O–H groups in total. The van der Waals surface area contributed by atoms with Crippen molar-refractivity contribution in [3.63, 3.8) is 0 Å². The summed E-state index contributed by atoms with van der Waals surface area (Å²) in [6.07, 6.45) is 17.8. The van der Waals surface area contributed by atoms with Gasteiger partial charge in [-0.15, -0.1) is 0 Å². The van der Waals surface area contributed by atoms with Crippen LogP contribution in [0, 0.1) is 29.1 Å². The topological polar surface area (TPSA) is 50.1 Å². The molecule has 0 aliphatic heterocycles. The molecule has 2 aliphatic rings. The molecule has 0 heterocycles. The smallest absolute Gasteiger partial charge is 0.309 e. The van der Waals surface area contributed by atoms with Gasteiger partial charge in [-0.25, -0.2) is 0 Å². The SMILES string of the molecule is CCCC1CCC(C(=O)OC2CCC(CCC=CC=C(F)C#N)CC2)CC1. The molecule has 2 aliphatic carbocycles. The van der Waals surface area contributed by atoms with E-state index in [-0.39, 0.29) is 18.0 Å². The highest BCUT2D eigenvalue weighted by molar-refractivity contribution is 5.72. The third-order valence-electron chi connectivity index (χ3n) is 6.18. The van der Waals surface area contributed by atoms with Crippen LogP contribution in [0.2, 0.25) is 0 Å².